The molecule has 12 heavy (non-hydrogen) atoms. The highest BCUT2D eigenvalue weighted by Crippen LogP contribution is 2.11. The third-order valence-corrected chi connectivity index (χ3v) is 1.85. The number of anilines is 1. The number of hydrogen-bond donors (Lipinski definition) is 1. The Balaban J connectivity index is 2.77. The van der Waals surface area contributed by atoms with Crippen LogP contribution < -0.4 is 5.32 Å². The van der Waals surface area contributed by atoms with Crippen molar-refractivity contribution in [3.8, 4) is 0 Å². The van der Waals surface area contributed by atoms with Crippen LogP contribution in [0.3, 0.4) is 0 Å². The van der Waals surface area contributed by atoms with Gasteiger partial charge < -0.3 is 5.32 Å². The van der Waals surface area contributed by atoms with E-state index in [1.165, 1.54) is 5.69 Å². The molecular weight excluding hydrogens is 150 g/mol. The molecule has 1 N–H and O–H groups in total. The topological polar surface area (TPSA) is 29.9 Å². The first kappa shape index (κ1) is 9.10. The van der Waals surface area contributed by atoms with Crippen molar-refractivity contribution in [2.75, 3.05) is 12.4 Å². The molecule has 0 aliphatic carbocycles. The van der Waals surface area contributed by atoms with E-state index in [9.17, 15) is 0 Å². The Bertz CT molecular complexity index is 250. The van der Waals surface area contributed by atoms with E-state index in [1.807, 2.05) is 18.8 Å². The Kier molecular flexibility index (Phi) is 2.74. The minimum atomic E-state index is 0.685. The standard InChI is InChI=1S/C9H17N3/c1-7(2)5-8-6-9(10-3)11-12(8)4/h6-7H,5H2,1-4H3,(H,10,11). The summed E-state index contributed by atoms with van der Waals surface area (Å²) >= 11 is 0. The van der Waals surface area contributed by atoms with Gasteiger partial charge in [0.15, 0.2) is 0 Å². The Morgan fingerprint density at radius 2 is 2.25 bits per heavy atom. The van der Waals surface area contributed by atoms with Crippen molar-refractivity contribution in [3.63, 3.8) is 0 Å². The highest BCUT2D eigenvalue weighted by molar-refractivity contribution is 5.34. The maximum absolute atomic E-state index is 4.29. The molecule has 0 bridgehead atoms. The molecule has 0 amide bonds. The smallest absolute Gasteiger partial charge is 0.148 e. The average Bonchev–Trinajstić information content (AvgIpc) is 2.31. The van der Waals surface area contributed by atoms with Crippen LogP contribution in [0.2, 0.25) is 0 Å². The molecule has 0 fully saturated rings. The van der Waals surface area contributed by atoms with E-state index >= 15 is 0 Å². The number of rotatable bonds is 3. The fraction of sp³-hybridized carbons (Fsp3) is 0.667. The third-order valence-electron chi connectivity index (χ3n) is 1.85. The summed E-state index contributed by atoms with van der Waals surface area (Å²) in [4.78, 5) is 0. The van der Waals surface area contributed by atoms with Crippen molar-refractivity contribution in [1.82, 2.24) is 9.78 Å². The molecule has 1 aromatic heterocycles. The summed E-state index contributed by atoms with van der Waals surface area (Å²) < 4.78 is 1.94. The van der Waals surface area contributed by atoms with Crippen molar-refractivity contribution in [2.24, 2.45) is 13.0 Å². The van der Waals surface area contributed by atoms with Gasteiger partial charge in [0.2, 0.25) is 0 Å². The van der Waals surface area contributed by atoms with Gasteiger partial charge in [0.25, 0.3) is 0 Å². The van der Waals surface area contributed by atoms with Crippen molar-refractivity contribution in [1.29, 1.82) is 0 Å². The van der Waals surface area contributed by atoms with E-state index in [2.05, 4.69) is 30.3 Å². The summed E-state index contributed by atoms with van der Waals surface area (Å²) in [5, 5.41) is 7.32. The number of hydrogen-bond acceptors (Lipinski definition) is 2. The lowest BCUT2D eigenvalue weighted by Crippen LogP contribution is -2.02. The summed E-state index contributed by atoms with van der Waals surface area (Å²) in [5.74, 6) is 1.64. The lowest BCUT2D eigenvalue weighted by molar-refractivity contribution is 0.596. The van der Waals surface area contributed by atoms with Gasteiger partial charge in [0, 0.05) is 25.9 Å². The van der Waals surface area contributed by atoms with Gasteiger partial charge in [-0.05, 0) is 12.3 Å². The normalized spacial score (nSPS) is 10.8. The summed E-state index contributed by atoms with van der Waals surface area (Å²) in [6.45, 7) is 4.43. The van der Waals surface area contributed by atoms with Gasteiger partial charge in [-0.3, -0.25) is 4.68 Å². The summed E-state index contributed by atoms with van der Waals surface area (Å²) in [7, 11) is 3.88. The van der Waals surface area contributed by atoms with Crippen LogP contribution in [0, 0.1) is 5.92 Å². The third kappa shape index (κ3) is 2.00. The first-order chi connectivity index (χ1) is 5.63. The molecule has 0 atom stereocenters. The van der Waals surface area contributed by atoms with E-state index in [-0.39, 0.29) is 0 Å². The summed E-state index contributed by atoms with van der Waals surface area (Å²) in [6, 6.07) is 2.10. The second kappa shape index (κ2) is 3.61. The van der Waals surface area contributed by atoms with Gasteiger partial charge >= 0.3 is 0 Å². The van der Waals surface area contributed by atoms with Crippen LogP contribution in [0.5, 0.6) is 0 Å². The number of nitrogens with one attached hydrogen (secondary N) is 1. The quantitative estimate of drug-likeness (QED) is 0.742. The fourth-order valence-electron chi connectivity index (χ4n) is 1.24. The van der Waals surface area contributed by atoms with Gasteiger partial charge in [-0.1, -0.05) is 13.8 Å². The van der Waals surface area contributed by atoms with Crippen LogP contribution in [0.15, 0.2) is 6.07 Å². The number of nitrogens with zero attached hydrogens (tertiary/aromatic N) is 2. The zero-order valence-electron chi connectivity index (χ0n) is 8.26. The van der Waals surface area contributed by atoms with Gasteiger partial charge in [-0.25, -0.2) is 0 Å². The van der Waals surface area contributed by atoms with Crippen LogP contribution in [-0.4, -0.2) is 16.8 Å². The molecule has 68 valence electrons. The zero-order chi connectivity index (χ0) is 9.14. The van der Waals surface area contributed by atoms with Crippen molar-refractivity contribution < 1.29 is 0 Å². The van der Waals surface area contributed by atoms with Crippen LogP contribution in [0.25, 0.3) is 0 Å². The van der Waals surface area contributed by atoms with Crippen LogP contribution in [-0.2, 0) is 13.5 Å². The molecule has 0 unspecified atom stereocenters. The summed E-state index contributed by atoms with van der Waals surface area (Å²) in [5.41, 5.74) is 1.29. The SMILES string of the molecule is CNc1cc(CC(C)C)n(C)n1. The minimum Gasteiger partial charge on any atom is -0.372 e. The Morgan fingerprint density at radius 3 is 2.67 bits per heavy atom. The molecule has 1 rings (SSSR count). The molecule has 1 heterocycles. The van der Waals surface area contributed by atoms with Crippen LogP contribution in [0.1, 0.15) is 19.5 Å². The highest BCUT2D eigenvalue weighted by Gasteiger charge is 2.04. The molecule has 0 spiro atoms. The first-order valence-corrected chi connectivity index (χ1v) is 4.34. The second-order valence-electron chi connectivity index (χ2n) is 3.49. The fourth-order valence-corrected chi connectivity index (χ4v) is 1.24. The van der Waals surface area contributed by atoms with Crippen LogP contribution >= 0.6 is 0 Å². The van der Waals surface area contributed by atoms with Gasteiger partial charge in [0.05, 0.1) is 0 Å². The lowest BCUT2D eigenvalue weighted by Gasteiger charge is -2.03. The zero-order valence-corrected chi connectivity index (χ0v) is 8.26. The molecule has 3 heteroatoms. The van der Waals surface area contributed by atoms with Gasteiger partial charge in [0.1, 0.15) is 5.82 Å². The Labute approximate surface area is 73.8 Å². The van der Waals surface area contributed by atoms with Crippen molar-refractivity contribution in [2.45, 2.75) is 20.3 Å². The molecule has 0 saturated heterocycles. The predicted octanol–water partition coefficient (Wildman–Crippen LogP) is 1.66. The Morgan fingerprint density at radius 1 is 1.58 bits per heavy atom. The molecule has 0 aliphatic heterocycles. The van der Waals surface area contributed by atoms with E-state index in [1.54, 1.807) is 0 Å². The maximum Gasteiger partial charge on any atom is 0.148 e. The van der Waals surface area contributed by atoms with Crippen molar-refractivity contribution in [3.05, 3.63) is 11.8 Å². The van der Waals surface area contributed by atoms with E-state index in [0.29, 0.717) is 5.92 Å². The monoisotopic (exact) mass is 167 g/mol. The molecule has 1 aromatic rings. The maximum atomic E-state index is 4.29. The lowest BCUT2D eigenvalue weighted by atomic mass is 10.1. The minimum absolute atomic E-state index is 0.685. The number of aryl methyl sites for hydroxylation is 1. The van der Waals surface area contributed by atoms with E-state index in [0.717, 1.165) is 12.2 Å². The Hall–Kier alpha value is -0.990. The van der Waals surface area contributed by atoms with Crippen molar-refractivity contribution >= 4 is 5.82 Å². The predicted molar refractivity (Wildman–Crippen MR) is 51.3 cm³/mol. The average molecular weight is 167 g/mol. The molecule has 0 saturated carbocycles. The summed E-state index contributed by atoms with van der Waals surface area (Å²) in [6.07, 6.45) is 1.09. The molecular formula is C9H17N3. The first-order valence-electron chi connectivity index (χ1n) is 4.34. The molecule has 0 radical (unpaired) electrons. The highest BCUT2D eigenvalue weighted by atomic mass is 15.3. The number of aromatic nitrogens is 2. The van der Waals surface area contributed by atoms with Crippen LogP contribution in [0.4, 0.5) is 5.82 Å². The van der Waals surface area contributed by atoms with Gasteiger partial charge in [-0.15, -0.1) is 0 Å². The van der Waals surface area contributed by atoms with E-state index < -0.39 is 0 Å². The van der Waals surface area contributed by atoms with E-state index in [4.69, 9.17) is 0 Å². The van der Waals surface area contributed by atoms with Gasteiger partial charge in [-0.2, -0.15) is 5.10 Å². The molecule has 0 aliphatic rings. The molecule has 0 aromatic carbocycles. The second-order valence-corrected chi connectivity index (χ2v) is 3.49. The largest absolute Gasteiger partial charge is 0.372 e. The molecule has 3 nitrogen and oxygen atoms in total.